The molecule has 0 saturated carbocycles. The third kappa shape index (κ3) is 10.9. The molecule has 0 bridgehead atoms. The van der Waals surface area contributed by atoms with Crippen LogP contribution in [0.15, 0.2) is 146 Å². The van der Waals surface area contributed by atoms with Gasteiger partial charge in [-0.15, -0.1) is 0 Å². The number of anilines is 3. The number of aryl methyl sites for hydroxylation is 1. The van der Waals surface area contributed by atoms with Crippen LogP contribution in [0.4, 0.5) is 17.8 Å². The summed E-state index contributed by atoms with van der Waals surface area (Å²) in [6, 6.07) is 43.5. The first-order valence-corrected chi connectivity index (χ1v) is 18.6. The lowest BCUT2D eigenvalue weighted by atomic mass is 10.1. The van der Waals surface area contributed by atoms with E-state index in [0.717, 1.165) is 38.9 Å². The van der Waals surface area contributed by atoms with Gasteiger partial charge in [0.25, 0.3) is 0 Å². The van der Waals surface area contributed by atoms with Crippen molar-refractivity contribution in [1.82, 2.24) is 15.0 Å². The van der Waals surface area contributed by atoms with Gasteiger partial charge < -0.3 is 45.7 Å². The molecule has 12 nitrogen and oxygen atoms in total. The van der Waals surface area contributed by atoms with Gasteiger partial charge in [0.15, 0.2) is 0 Å². The van der Waals surface area contributed by atoms with E-state index in [1.54, 1.807) is 60.7 Å². The van der Waals surface area contributed by atoms with Crippen molar-refractivity contribution in [1.29, 1.82) is 0 Å². The summed E-state index contributed by atoms with van der Waals surface area (Å²) >= 11 is 0. The van der Waals surface area contributed by atoms with Crippen molar-refractivity contribution in [2.75, 3.05) is 14.7 Å². The van der Waals surface area contributed by atoms with Gasteiger partial charge in [-0.2, -0.15) is 15.0 Å². The monoisotopic (exact) mass is 778 g/mol. The Hall–Kier alpha value is -7.31. The quantitative estimate of drug-likeness (QED) is 0.0695. The molecular weight excluding hydrogens is 733 g/mol. The van der Waals surface area contributed by atoms with Crippen LogP contribution >= 0.6 is 0 Å². The highest BCUT2D eigenvalue weighted by Crippen LogP contribution is 2.28. The number of phenolic OH excluding ortho intramolecular Hbond substituents is 5. The molecule has 0 spiro atoms. The van der Waals surface area contributed by atoms with Crippen molar-refractivity contribution in [3.63, 3.8) is 0 Å². The highest BCUT2D eigenvalue weighted by atomic mass is 16.3. The summed E-state index contributed by atoms with van der Waals surface area (Å²) in [7, 11) is 0. The number of hydrogen-bond acceptors (Lipinski definition) is 11. The topological polar surface area (TPSA) is 181 Å². The van der Waals surface area contributed by atoms with E-state index < -0.39 is 0 Å². The number of benzene rings is 6. The summed E-state index contributed by atoms with van der Waals surface area (Å²) in [6.07, 6.45) is 0. The molecule has 58 heavy (non-hydrogen) atoms. The predicted molar refractivity (Wildman–Crippen MR) is 225 cm³/mol. The maximum Gasteiger partial charge on any atom is 0.232 e. The van der Waals surface area contributed by atoms with Crippen LogP contribution in [0.5, 0.6) is 28.7 Å². The van der Waals surface area contributed by atoms with E-state index in [-0.39, 0.29) is 34.2 Å². The van der Waals surface area contributed by atoms with Crippen LogP contribution in [0, 0.1) is 6.92 Å². The third-order valence-electron chi connectivity index (χ3n) is 9.49. The van der Waals surface area contributed by atoms with Crippen molar-refractivity contribution in [3.05, 3.63) is 185 Å². The first kappa shape index (κ1) is 40.4. The van der Waals surface area contributed by atoms with Crippen LogP contribution in [-0.2, 0) is 39.3 Å². The Morgan fingerprint density at radius 1 is 0.310 bits per heavy atom. The highest BCUT2D eigenvalue weighted by Gasteiger charge is 2.23. The number of aromatic hydroxyl groups is 5. The van der Waals surface area contributed by atoms with E-state index in [1.807, 2.05) is 70.5 Å². The molecule has 0 unspecified atom stereocenters. The molecule has 0 saturated heterocycles. The average Bonchev–Trinajstić information content (AvgIpc) is 3.22. The predicted octanol–water partition coefficient (Wildman–Crippen LogP) is 7.50. The van der Waals surface area contributed by atoms with Crippen LogP contribution in [0.3, 0.4) is 0 Å². The first-order chi connectivity index (χ1) is 27.6. The zero-order chi connectivity index (χ0) is 39.7. The minimum Gasteiger partial charge on any atom is -0.508 e. The van der Waals surface area contributed by atoms with Gasteiger partial charge in [0.05, 0.1) is 0 Å². The van der Waals surface area contributed by atoms with Crippen molar-refractivity contribution < 1.29 is 31.0 Å². The molecular formula is C46H46N6O6. The molecule has 0 aliphatic heterocycles. The van der Waals surface area contributed by atoms with E-state index in [4.69, 9.17) is 15.0 Å². The summed E-state index contributed by atoms with van der Waals surface area (Å²) in [6.45, 7) is 4.48. The Balaban J connectivity index is 0.00000567. The van der Waals surface area contributed by atoms with Gasteiger partial charge in [0.1, 0.15) is 28.7 Å². The Morgan fingerprint density at radius 2 is 0.483 bits per heavy atom. The molecule has 1 aromatic heterocycles. The Bertz CT molecular complexity index is 1940. The molecule has 1 heterocycles. The number of nitrogens with zero attached hydrogens (tertiary/aromatic N) is 6. The van der Waals surface area contributed by atoms with E-state index in [2.05, 4.69) is 36.1 Å². The zero-order valence-electron chi connectivity index (χ0n) is 32.0. The van der Waals surface area contributed by atoms with Crippen LogP contribution in [0.25, 0.3) is 0 Å². The second kappa shape index (κ2) is 18.5. The Labute approximate surface area is 337 Å². The highest BCUT2D eigenvalue weighted by molar-refractivity contribution is 5.50. The minimum atomic E-state index is 0. The van der Waals surface area contributed by atoms with E-state index in [1.165, 1.54) is 0 Å². The summed E-state index contributed by atoms with van der Waals surface area (Å²) in [5.74, 6) is 2.04. The summed E-state index contributed by atoms with van der Waals surface area (Å²) in [5, 5.41) is 50.4. The van der Waals surface area contributed by atoms with Crippen LogP contribution in [-0.4, -0.2) is 46.0 Å². The summed E-state index contributed by atoms with van der Waals surface area (Å²) < 4.78 is 0. The minimum absolute atomic E-state index is 0. The fraction of sp³-hybridized carbons (Fsp3) is 0.152. The largest absolute Gasteiger partial charge is 0.508 e. The molecule has 0 aliphatic rings. The van der Waals surface area contributed by atoms with Gasteiger partial charge in [-0.3, -0.25) is 0 Å². The van der Waals surface area contributed by atoms with Crippen molar-refractivity contribution in [2.24, 2.45) is 0 Å². The molecule has 0 radical (unpaired) electrons. The van der Waals surface area contributed by atoms with Gasteiger partial charge in [-0.25, -0.2) is 0 Å². The Kier molecular flexibility index (Phi) is 12.9. The van der Waals surface area contributed by atoms with Crippen molar-refractivity contribution in [2.45, 2.75) is 46.2 Å². The van der Waals surface area contributed by atoms with Crippen LogP contribution in [0.1, 0.15) is 38.9 Å². The summed E-state index contributed by atoms with van der Waals surface area (Å²) in [4.78, 5) is 21.7. The average molecular weight is 779 g/mol. The van der Waals surface area contributed by atoms with Crippen LogP contribution in [0.2, 0.25) is 0 Å². The Morgan fingerprint density at radius 3 is 0.672 bits per heavy atom. The van der Waals surface area contributed by atoms with Gasteiger partial charge in [-0.1, -0.05) is 90.5 Å². The molecule has 12 heteroatoms. The normalized spacial score (nSPS) is 10.8. The maximum atomic E-state index is 10.1. The standard InChI is InChI=1S/C46H44N6O5.H2O/c1-32-2-4-33(5-3-32)26-50(27-34-6-16-39(53)17-7-34)44-47-45(51(28-35-8-18-40(54)19-9-35)29-36-10-20-41(55)21-11-36)49-46(48-44)52(30-37-12-22-42(56)23-13-37)31-38-14-24-43(57)25-15-38;/h2-25,53-57H,26-31H2,1H3;1H2. The molecule has 6 aromatic carbocycles. The van der Waals surface area contributed by atoms with Gasteiger partial charge >= 0.3 is 0 Å². The second-order valence-electron chi connectivity index (χ2n) is 14.1. The molecule has 0 aliphatic carbocycles. The van der Waals surface area contributed by atoms with Crippen molar-refractivity contribution >= 4 is 17.8 Å². The molecule has 7 rings (SSSR count). The van der Waals surface area contributed by atoms with E-state index in [0.29, 0.717) is 57.1 Å². The summed E-state index contributed by atoms with van der Waals surface area (Å²) in [5.41, 5.74) is 6.81. The lowest BCUT2D eigenvalue weighted by Gasteiger charge is -2.30. The van der Waals surface area contributed by atoms with Crippen molar-refractivity contribution in [3.8, 4) is 28.7 Å². The fourth-order valence-corrected chi connectivity index (χ4v) is 6.38. The smallest absolute Gasteiger partial charge is 0.232 e. The first-order valence-electron chi connectivity index (χ1n) is 18.6. The van der Waals surface area contributed by atoms with Gasteiger partial charge in [-0.05, 0) is 101 Å². The zero-order valence-corrected chi connectivity index (χ0v) is 32.0. The lowest BCUT2D eigenvalue weighted by Crippen LogP contribution is -2.31. The molecule has 0 amide bonds. The second-order valence-corrected chi connectivity index (χ2v) is 14.1. The number of aromatic nitrogens is 3. The molecule has 7 aromatic rings. The van der Waals surface area contributed by atoms with Crippen LogP contribution < -0.4 is 14.7 Å². The van der Waals surface area contributed by atoms with E-state index in [9.17, 15) is 25.5 Å². The fourth-order valence-electron chi connectivity index (χ4n) is 6.38. The number of hydrogen-bond donors (Lipinski definition) is 5. The molecule has 0 atom stereocenters. The molecule has 296 valence electrons. The van der Waals surface area contributed by atoms with E-state index >= 15 is 0 Å². The SMILES string of the molecule is Cc1ccc(CN(Cc2ccc(O)cc2)c2nc(N(Cc3ccc(O)cc3)Cc3ccc(O)cc3)nc(N(Cc3ccc(O)cc3)Cc3ccc(O)cc3)n2)cc1.O. The number of phenols is 5. The molecule has 0 fully saturated rings. The number of rotatable bonds is 15. The van der Waals surface area contributed by atoms with Gasteiger partial charge in [0, 0.05) is 39.3 Å². The maximum absolute atomic E-state index is 10.1. The lowest BCUT2D eigenvalue weighted by molar-refractivity contribution is 0.474. The van der Waals surface area contributed by atoms with Gasteiger partial charge in [0.2, 0.25) is 17.8 Å². The molecule has 7 N–H and O–H groups in total. The third-order valence-corrected chi connectivity index (χ3v) is 9.49.